The maximum absolute atomic E-state index is 12.0. The second-order valence-electron chi connectivity index (χ2n) is 3.88. The summed E-state index contributed by atoms with van der Waals surface area (Å²) in [5.74, 6) is -0.424. The molecular formula is C13H8ClIN2O3. The highest BCUT2D eigenvalue weighted by Crippen LogP contribution is 2.28. The van der Waals surface area contributed by atoms with Gasteiger partial charge in [-0.15, -0.1) is 0 Å². The first-order chi connectivity index (χ1) is 9.47. The Hall–Kier alpha value is -1.67. The van der Waals surface area contributed by atoms with E-state index in [9.17, 15) is 14.9 Å². The van der Waals surface area contributed by atoms with Crippen molar-refractivity contribution in [3.8, 4) is 0 Å². The number of anilines is 1. The van der Waals surface area contributed by atoms with E-state index in [0.29, 0.717) is 10.6 Å². The third-order valence-electron chi connectivity index (χ3n) is 2.51. The number of nitrogens with one attached hydrogen (secondary N) is 1. The zero-order valence-corrected chi connectivity index (χ0v) is 12.9. The number of carbonyl (C=O) groups is 1. The molecule has 1 N–H and O–H groups in total. The fourth-order valence-electron chi connectivity index (χ4n) is 1.56. The average molecular weight is 403 g/mol. The van der Waals surface area contributed by atoms with Crippen LogP contribution in [-0.2, 0) is 0 Å². The molecule has 1 amide bonds. The Kier molecular flexibility index (Phi) is 4.56. The summed E-state index contributed by atoms with van der Waals surface area (Å²) in [6.07, 6.45) is 0. The summed E-state index contributed by atoms with van der Waals surface area (Å²) in [7, 11) is 0. The number of hydrogen-bond donors (Lipinski definition) is 1. The number of nitro groups is 1. The number of nitrogens with zero attached hydrogens (tertiary/aromatic N) is 1. The van der Waals surface area contributed by atoms with Gasteiger partial charge in [0.15, 0.2) is 0 Å². The lowest BCUT2D eigenvalue weighted by Gasteiger charge is -2.06. The predicted molar refractivity (Wildman–Crippen MR) is 85.2 cm³/mol. The van der Waals surface area contributed by atoms with E-state index >= 15 is 0 Å². The van der Waals surface area contributed by atoms with E-state index in [1.54, 1.807) is 24.3 Å². The Morgan fingerprint density at radius 2 is 1.85 bits per heavy atom. The molecule has 0 aliphatic carbocycles. The number of carbonyl (C=O) groups excluding carboxylic acids is 1. The zero-order valence-electron chi connectivity index (χ0n) is 9.97. The summed E-state index contributed by atoms with van der Waals surface area (Å²) in [6, 6.07) is 10.9. The van der Waals surface area contributed by atoms with Crippen molar-refractivity contribution in [2.75, 3.05) is 5.32 Å². The molecule has 7 heteroatoms. The van der Waals surface area contributed by atoms with Crippen molar-refractivity contribution < 1.29 is 9.72 Å². The summed E-state index contributed by atoms with van der Waals surface area (Å²) in [5, 5.41) is 13.7. The van der Waals surface area contributed by atoms with Gasteiger partial charge in [0, 0.05) is 20.2 Å². The SMILES string of the molecule is O=C(Nc1cc(Cl)ccc1[N+](=O)[O-])c1ccc(I)cc1. The summed E-state index contributed by atoms with van der Waals surface area (Å²) in [4.78, 5) is 22.4. The molecule has 0 unspecified atom stereocenters. The van der Waals surface area contributed by atoms with Crippen LogP contribution in [0, 0.1) is 13.7 Å². The number of halogens is 2. The standard InChI is InChI=1S/C13H8ClIN2O3/c14-9-3-6-12(17(19)20)11(7-9)16-13(18)8-1-4-10(15)5-2-8/h1-7H,(H,16,18). The molecule has 0 saturated heterocycles. The van der Waals surface area contributed by atoms with Crippen molar-refractivity contribution in [1.82, 2.24) is 0 Å². The fraction of sp³-hybridized carbons (Fsp3) is 0. The van der Waals surface area contributed by atoms with Gasteiger partial charge in [-0.3, -0.25) is 14.9 Å². The molecule has 0 aromatic heterocycles. The summed E-state index contributed by atoms with van der Waals surface area (Å²) < 4.78 is 0.993. The van der Waals surface area contributed by atoms with Crippen LogP contribution in [0.4, 0.5) is 11.4 Å². The van der Waals surface area contributed by atoms with Gasteiger partial charge in [-0.2, -0.15) is 0 Å². The van der Waals surface area contributed by atoms with Crippen LogP contribution < -0.4 is 5.32 Å². The lowest BCUT2D eigenvalue weighted by atomic mass is 10.2. The van der Waals surface area contributed by atoms with Crippen LogP contribution in [0.1, 0.15) is 10.4 Å². The van der Waals surface area contributed by atoms with Crippen molar-refractivity contribution in [2.45, 2.75) is 0 Å². The predicted octanol–water partition coefficient (Wildman–Crippen LogP) is 4.11. The van der Waals surface area contributed by atoms with Gasteiger partial charge in [0.05, 0.1) is 4.92 Å². The number of hydrogen-bond acceptors (Lipinski definition) is 3. The van der Waals surface area contributed by atoms with Crippen LogP contribution in [0.15, 0.2) is 42.5 Å². The average Bonchev–Trinajstić information content (AvgIpc) is 2.39. The van der Waals surface area contributed by atoms with E-state index in [0.717, 1.165) is 3.57 Å². The molecule has 0 aliphatic rings. The first-order valence-electron chi connectivity index (χ1n) is 5.48. The quantitative estimate of drug-likeness (QED) is 0.477. The minimum atomic E-state index is -0.570. The smallest absolute Gasteiger partial charge is 0.292 e. The molecule has 102 valence electrons. The first-order valence-corrected chi connectivity index (χ1v) is 6.94. The molecule has 5 nitrogen and oxygen atoms in total. The molecule has 0 atom stereocenters. The second-order valence-corrected chi connectivity index (χ2v) is 5.56. The highest BCUT2D eigenvalue weighted by atomic mass is 127. The molecule has 0 saturated carbocycles. The Morgan fingerprint density at radius 3 is 2.45 bits per heavy atom. The van der Waals surface area contributed by atoms with Gasteiger partial charge in [0.1, 0.15) is 5.69 Å². The molecule has 2 rings (SSSR count). The van der Waals surface area contributed by atoms with Gasteiger partial charge in [-0.25, -0.2) is 0 Å². The maximum Gasteiger partial charge on any atom is 0.292 e. The molecule has 0 radical (unpaired) electrons. The summed E-state index contributed by atoms with van der Waals surface area (Å²) >= 11 is 7.92. The maximum atomic E-state index is 12.0. The van der Waals surface area contributed by atoms with E-state index in [1.165, 1.54) is 18.2 Å². The summed E-state index contributed by atoms with van der Waals surface area (Å²) in [6.45, 7) is 0. The normalized spacial score (nSPS) is 10.1. The second kappa shape index (κ2) is 6.19. The largest absolute Gasteiger partial charge is 0.316 e. The van der Waals surface area contributed by atoms with Gasteiger partial charge in [0.25, 0.3) is 11.6 Å². The molecule has 0 heterocycles. The van der Waals surface area contributed by atoms with Crippen molar-refractivity contribution in [1.29, 1.82) is 0 Å². The minimum absolute atomic E-state index is 0.0750. The molecule has 2 aromatic rings. The van der Waals surface area contributed by atoms with Crippen LogP contribution >= 0.6 is 34.2 Å². The molecule has 2 aromatic carbocycles. The first kappa shape index (κ1) is 14.7. The van der Waals surface area contributed by atoms with Crippen LogP contribution in [0.5, 0.6) is 0 Å². The highest BCUT2D eigenvalue weighted by molar-refractivity contribution is 14.1. The van der Waals surface area contributed by atoms with E-state index in [2.05, 4.69) is 27.9 Å². The van der Waals surface area contributed by atoms with Crippen molar-refractivity contribution in [3.05, 3.63) is 66.7 Å². The van der Waals surface area contributed by atoms with Crippen molar-refractivity contribution >= 4 is 51.5 Å². The number of benzene rings is 2. The Labute approximate surface area is 133 Å². The third-order valence-corrected chi connectivity index (χ3v) is 3.46. The number of rotatable bonds is 3. The molecule has 0 fully saturated rings. The van der Waals surface area contributed by atoms with Crippen molar-refractivity contribution in [2.24, 2.45) is 0 Å². The number of nitro benzene ring substituents is 1. The molecule has 0 spiro atoms. The van der Waals surface area contributed by atoms with Crippen LogP contribution in [0.3, 0.4) is 0 Å². The fourth-order valence-corrected chi connectivity index (χ4v) is 2.10. The van der Waals surface area contributed by atoms with Gasteiger partial charge in [0.2, 0.25) is 0 Å². The zero-order chi connectivity index (χ0) is 14.7. The molecular weight excluding hydrogens is 395 g/mol. The monoisotopic (exact) mass is 402 g/mol. The van der Waals surface area contributed by atoms with Gasteiger partial charge < -0.3 is 5.32 Å². The van der Waals surface area contributed by atoms with Gasteiger partial charge in [-0.05, 0) is 59.0 Å². The van der Waals surface area contributed by atoms with Crippen molar-refractivity contribution in [3.63, 3.8) is 0 Å². The van der Waals surface area contributed by atoms with Crippen LogP contribution in [0.25, 0.3) is 0 Å². The third kappa shape index (κ3) is 3.45. The highest BCUT2D eigenvalue weighted by Gasteiger charge is 2.16. The van der Waals surface area contributed by atoms with Crippen LogP contribution in [0.2, 0.25) is 5.02 Å². The van der Waals surface area contributed by atoms with E-state index in [1.807, 2.05) is 0 Å². The minimum Gasteiger partial charge on any atom is -0.316 e. The topological polar surface area (TPSA) is 72.2 Å². The Morgan fingerprint density at radius 1 is 1.20 bits per heavy atom. The molecule has 0 bridgehead atoms. The Balaban J connectivity index is 2.29. The summed E-state index contributed by atoms with van der Waals surface area (Å²) in [5.41, 5.74) is 0.291. The van der Waals surface area contributed by atoms with Crippen LogP contribution in [-0.4, -0.2) is 10.8 Å². The molecule has 0 aliphatic heterocycles. The lowest BCUT2D eigenvalue weighted by Crippen LogP contribution is -2.13. The van der Waals surface area contributed by atoms with E-state index in [-0.39, 0.29) is 11.4 Å². The number of amides is 1. The Bertz CT molecular complexity index is 674. The van der Waals surface area contributed by atoms with Gasteiger partial charge in [-0.1, -0.05) is 11.6 Å². The van der Waals surface area contributed by atoms with E-state index < -0.39 is 10.8 Å². The van der Waals surface area contributed by atoms with Gasteiger partial charge >= 0.3 is 0 Å². The lowest BCUT2D eigenvalue weighted by molar-refractivity contribution is -0.383. The molecule has 20 heavy (non-hydrogen) atoms. The van der Waals surface area contributed by atoms with E-state index in [4.69, 9.17) is 11.6 Å².